The third-order valence-electron chi connectivity index (χ3n) is 3.30. The van der Waals surface area contributed by atoms with Crippen molar-refractivity contribution in [1.29, 1.82) is 0 Å². The summed E-state index contributed by atoms with van der Waals surface area (Å²) in [7, 11) is 0. The number of aryl methyl sites for hydroxylation is 2. The van der Waals surface area contributed by atoms with E-state index in [1.165, 1.54) is 5.56 Å². The zero-order valence-corrected chi connectivity index (χ0v) is 11.4. The van der Waals surface area contributed by atoms with Crippen molar-refractivity contribution in [2.24, 2.45) is 0 Å². The van der Waals surface area contributed by atoms with Crippen LogP contribution in [0.5, 0.6) is 0 Å². The number of nitrogens with one attached hydrogen (secondary N) is 2. The third kappa shape index (κ3) is 2.16. The van der Waals surface area contributed by atoms with Crippen molar-refractivity contribution < 1.29 is 0 Å². The molecule has 4 heteroatoms. The minimum atomic E-state index is -0.113. The summed E-state index contributed by atoms with van der Waals surface area (Å²) in [5.41, 5.74) is 5.78. The molecule has 0 aliphatic heterocycles. The van der Waals surface area contributed by atoms with E-state index in [1.54, 1.807) is 12.3 Å². The molecule has 0 saturated heterocycles. The van der Waals surface area contributed by atoms with Gasteiger partial charge in [-0.05, 0) is 31.5 Å². The van der Waals surface area contributed by atoms with Crippen LogP contribution in [0.4, 0.5) is 0 Å². The second-order valence-electron chi connectivity index (χ2n) is 4.88. The minimum Gasteiger partial charge on any atom is -0.329 e. The molecule has 0 saturated carbocycles. The average molecular weight is 265 g/mol. The Morgan fingerprint density at radius 2 is 1.90 bits per heavy atom. The second-order valence-corrected chi connectivity index (χ2v) is 4.88. The molecule has 2 N–H and O–H groups in total. The van der Waals surface area contributed by atoms with E-state index >= 15 is 0 Å². The van der Waals surface area contributed by atoms with Gasteiger partial charge in [-0.15, -0.1) is 0 Å². The molecule has 0 bridgehead atoms. The van der Waals surface area contributed by atoms with Crippen LogP contribution in [-0.4, -0.2) is 15.2 Å². The van der Waals surface area contributed by atoms with Gasteiger partial charge in [0, 0.05) is 29.1 Å². The van der Waals surface area contributed by atoms with Crippen molar-refractivity contribution in [3.63, 3.8) is 0 Å². The predicted molar refractivity (Wildman–Crippen MR) is 79.6 cm³/mol. The van der Waals surface area contributed by atoms with E-state index in [2.05, 4.69) is 34.2 Å². The van der Waals surface area contributed by atoms with Gasteiger partial charge in [-0.25, -0.2) is 0 Å². The summed E-state index contributed by atoms with van der Waals surface area (Å²) < 4.78 is 0. The molecule has 2 aromatic heterocycles. The van der Waals surface area contributed by atoms with Crippen molar-refractivity contribution in [2.45, 2.75) is 13.8 Å². The molecule has 20 heavy (non-hydrogen) atoms. The molecule has 0 aliphatic carbocycles. The van der Waals surface area contributed by atoms with Gasteiger partial charge in [0.05, 0.1) is 0 Å². The SMILES string of the molecule is Cc1cccc(-c2n[nH]c(C)c2-c2cc[nH]c(=O)c2)c1. The van der Waals surface area contributed by atoms with E-state index in [4.69, 9.17) is 0 Å². The Hall–Kier alpha value is -2.62. The monoisotopic (exact) mass is 265 g/mol. The highest BCUT2D eigenvalue weighted by Gasteiger charge is 2.14. The van der Waals surface area contributed by atoms with Gasteiger partial charge in [0.25, 0.3) is 0 Å². The minimum absolute atomic E-state index is 0.113. The molecule has 0 aliphatic rings. The summed E-state index contributed by atoms with van der Waals surface area (Å²) in [6.07, 6.45) is 1.66. The summed E-state index contributed by atoms with van der Waals surface area (Å²) in [6.45, 7) is 4.01. The van der Waals surface area contributed by atoms with Crippen LogP contribution in [0.2, 0.25) is 0 Å². The van der Waals surface area contributed by atoms with Crippen LogP contribution < -0.4 is 5.56 Å². The molecule has 3 aromatic rings. The van der Waals surface area contributed by atoms with Crippen LogP contribution in [0.15, 0.2) is 47.4 Å². The summed E-state index contributed by atoms with van der Waals surface area (Å²) in [4.78, 5) is 14.1. The Morgan fingerprint density at radius 1 is 1.05 bits per heavy atom. The zero-order chi connectivity index (χ0) is 14.1. The van der Waals surface area contributed by atoms with E-state index in [0.29, 0.717) is 0 Å². The highest BCUT2D eigenvalue weighted by atomic mass is 16.1. The largest absolute Gasteiger partial charge is 0.329 e. The topological polar surface area (TPSA) is 61.5 Å². The number of rotatable bonds is 2. The molecule has 3 rings (SSSR count). The normalized spacial score (nSPS) is 10.7. The van der Waals surface area contributed by atoms with Crippen LogP contribution in [0, 0.1) is 13.8 Å². The van der Waals surface area contributed by atoms with Gasteiger partial charge in [0.1, 0.15) is 5.69 Å². The van der Waals surface area contributed by atoms with Crippen molar-refractivity contribution >= 4 is 0 Å². The molecule has 0 unspecified atom stereocenters. The zero-order valence-electron chi connectivity index (χ0n) is 11.4. The van der Waals surface area contributed by atoms with Crippen molar-refractivity contribution in [3.8, 4) is 22.4 Å². The maximum absolute atomic E-state index is 11.5. The Morgan fingerprint density at radius 3 is 2.65 bits per heavy atom. The van der Waals surface area contributed by atoms with Crippen LogP contribution in [0.3, 0.4) is 0 Å². The molecule has 0 spiro atoms. The predicted octanol–water partition coefficient (Wildman–Crippen LogP) is 3.05. The molecule has 1 aromatic carbocycles. The quantitative estimate of drug-likeness (QED) is 0.748. The molecule has 0 fully saturated rings. The third-order valence-corrected chi connectivity index (χ3v) is 3.30. The lowest BCUT2D eigenvalue weighted by Gasteiger charge is -2.05. The Bertz CT molecular complexity index is 814. The van der Waals surface area contributed by atoms with E-state index in [9.17, 15) is 4.79 Å². The van der Waals surface area contributed by atoms with E-state index < -0.39 is 0 Å². The van der Waals surface area contributed by atoms with Crippen molar-refractivity contribution in [1.82, 2.24) is 15.2 Å². The van der Waals surface area contributed by atoms with Gasteiger partial charge in [-0.1, -0.05) is 23.8 Å². The Labute approximate surface area is 116 Å². The van der Waals surface area contributed by atoms with Crippen molar-refractivity contribution in [2.75, 3.05) is 0 Å². The standard InChI is InChI=1S/C16H15N3O/c1-10-4-3-5-13(8-10)16-15(11(2)18-19-16)12-6-7-17-14(20)9-12/h3-9H,1-2H3,(H,17,20)(H,18,19). The summed E-state index contributed by atoms with van der Waals surface area (Å²) in [6, 6.07) is 11.7. The van der Waals surface area contributed by atoms with Gasteiger partial charge in [-0.3, -0.25) is 9.89 Å². The first kappa shape index (κ1) is 12.4. The van der Waals surface area contributed by atoms with Gasteiger partial charge in [0.15, 0.2) is 0 Å². The lowest BCUT2D eigenvalue weighted by molar-refractivity contribution is 1.05. The first-order chi connectivity index (χ1) is 9.65. The van der Waals surface area contributed by atoms with E-state index in [1.807, 2.05) is 25.1 Å². The maximum atomic E-state index is 11.5. The van der Waals surface area contributed by atoms with Gasteiger partial charge in [0.2, 0.25) is 5.56 Å². The fourth-order valence-electron chi connectivity index (χ4n) is 2.38. The van der Waals surface area contributed by atoms with E-state index in [-0.39, 0.29) is 5.56 Å². The highest BCUT2D eigenvalue weighted by Crippen LogP contribution is 2.32. The second kappa shape index (κ2) is 4.81. The molecule has 0 amide bonds. The first-order valence-electron chi connectivity index (χ1n) is 6.46. The Balaban J connectivity index is 2.22. The smallest absolute Gasteiger partial charge is 0.248 e. The van der Waals surface area contributed by atoms with Crippen molar-refractivity contribution in [3.05, 3.63) is 64.2 Å². The number of hydrogen-bond acceptors (Lipinski definition) is 2. The number of nitrogens with zero attached hydrogens (tertiary/aromatic N) is 1. The number of hydrogen-bond donors (Lipinski definition) is 2. The molecule has 0 atom stereocenters. The summed E-state index contributed by atoms with van der Waals surface area (Å²) in [5.74, 6) is 0. The number of aromatic amines is 2. The van der Waals surface area contributed by atoms with Crippen LogP contribution in [-0.2, 0) is 0 Å². The molecule has 0 radical (unpaired) electrons. The van der Waals surface area contributed by atoms with Crippen LogP contribution in [0.1, 0.15) is 11.3 Å². The molecular weight excluding hydrogens is 250 g/mol. The Kier molecular flexibility index (Phi) is 2.99. The lowest BCUT2D eigenvalue weighted by Crippen LogP contribution is -2.02. The number of benzene rings is 1. The fraction of sp³-hybridized carbons (Fsp3) is 0.125. The first-order valence-corrected chi connectivity index (χ1v) is 6.46. The maximum Gasteiger partial charge on any atom is 0.248 e. The number of aromatic nitrogens is 3. The molecule has 100 valence electrons. The molecule has 4 nitrogen and oxygen atoms in total. The number of H-pyrrole nitrogens is 2. The van der Waals surface area contributed by atoms with Crippen LogP contribution >= 0.6 is 0 Å². The molecule has 2 heterocycles. The highest BCUT2D eigenvalue weighted by molar-refractivity contribution is 5.82. The summed E-state index contributed by atoms with van der Waals surface area (Å²) >= 11 is 0. The average Bonchev–Trinajstić information content (AvgIpc) is 2.80. The van der Waals surface area contributed by atoms with Crippen LogP contribution in [0.25, 0.3) is 22.4 Å². The fourth-order valence-corrected chi connectivity index (χ4v) is 2.38. The van der Waals surface area contributed by atoms with Gasteiger partial charge in [-0.2, -0.15) is 5.10 Å². The van der Waals surface area contributed by atoms with Gasteiger partial charge < -0.3 is 4.98 Å². The molecular formula is C16H15N3O. The van der Waals surface area contributed by atoms with Gasteiger partial charge >= 0.3 is 0 Å². The summed E-state index contributed by atoms with van der Waals surface area (Å²) in [5, 5.41) is 7.41. The lowest BCUT2D eigenvalue weighted by atomic mass is 9.99. The number of pyridine rings is 1. The van der Waals surface area contributed by atoms with E-state index in [0.717, 1.165) is 28.1 Å².